The molecule has 2 aromatic carbocycles. The number of nitrogens with one attached hydrogen (secondary N) is 1. The number of hydrogen-bond acceptors (Lipinski definition) is 6. The van der Waals surface area contributed by atoms with E-state index in [2.05, 4.69) is 46.2 Å². The van der Waals surface area contributed by atoms with Crippen molar-refractivity contribution < 1.29 is 9.21 Å². The Labute approximate surface area is 200 Å². The molecule has 7 nitrogen and oxygen atoms in total. The van der Waals surface area contributed by atoms with Gasteiger partial charge in [-0.1, -0.05) is 18.2 Å². The fraction of sp³-hybridized carbons (Fsp3) is 0.400. The van der Waals surface area contributed by atoms with Crippen LogP contribution in [0, 0.1) is 4.84 Å². The summed E-state index contributed by atoms with van der Waals surface area (Å²) in [4.78, 5) is 17.3. The number of piperidine rings is 1. The molecule has 8 heteroatoms. The van der Waals surface area contributed by atoms with Crippen LogP contribution in [-0.2, 0) is 6.67 Å². The molecule has 0 saturated carbocycles. The number of likely N-dealkylation sites (tertiary alicyclic amines) is 1. The van der Waals surface area contributed by atoms with Gasteiger partial charge in [0.2, 0.25) is 5.89 Å². The third kappa shape index (κ3) is 5.69. The Morgan fingerprint density at radius 2 is 1.76 bits per heavy atom. The van der Waals surface area contributed by atoms with Crippen LogP contribution in [0.1, 0.15) is 37.0 Å². The molecule has 0 unspecified atom stereocenters. The highest BCUT2D eigenvalue weighted by Gasteiger charge is 2.22. The average Bonchev–Trinajstić information content (AvgIpc) is 3.22. The van der Waals surface area contributed by atoms with Gasteiger partial charge in [0, 0.05) is 49.0 Å². The van der Waals surface area contributed by atoms with E-state index in [1.54, 1.807) is 4.68 Å². The summed E-state index contributed by atoms with van der Waals surface area (Å²) in [5.74, 6) is 0.528. The Morgan fingerprint density at radius 1 is 1.09 bits per heavy atom. The van der Waals surface area contributed by atoms with Crippen LogP contribution in [0.15, 0.2) is 59.0 Å². The predicted molar refractivity (Wildman–Crippen MR) is 133 cm³/mol. The molecule has 0 aliphatic carbocycles. The molecular weight excluding hydrogens is 434 g/mol. The summed E-state index contributed by atoms with van der Waals surface area (Å²) in [7, 11) is 0. The molecule has 1 aliphatic rings. The molecule has 3 aromatic rings. The Hall–Kier alpha value is -2.97. The van der Waals surface area contributed by atoms with Crippen LogP contribution in [0.5, 0.6) is 0 Å². The lowest BCUT2D eigenvalue weighted by atomic mass is 10.0. The van der Waals surface area contributed by atoms with Crippen molar-refractivity contribution >= 4 is 23.8 Å². The normalized spacial score (nSPS) is 14.8. The van der Waals surface area contributed by atoms with Crippen LogP contribution < -0.4 is 10.2 Å². The van der Waals surface area contributed by atoms with Crippen molar-refractivity contribution in [2.75, 3.05) is 31.1 Å². The van der Waals surface area contributed by atoms with Gasteiger partial charge in [-0.05, 0) is 75.3 Å². The first-order valence-corrected chi connectivity index (χ1v) is 12.0. The number of carbonyl (C=O) groups excluding carboxylic acids is 1. The second kappa shape index (κ2) is 10.8. The topological polar surface area (TPSA) is 66.5 Å². The summed E-state index contributed by atoms with van der Waals surface area (Å²) in [6, 6.07) is 17.8. The zero-order valence-electron chi connectivity index (χ0n) is 19.2. The second-order valence-corrected chi connectivity index (χ2v) is 8.61. The number of anilines is 1. The molecule has 0 spiro atoms. The number of carbonyl (C=O) groups is 1. The van der Waals surface area contributed by atoms with Crippen LogP contribution in [0.2, 0.25) is 0 Å². The summed E-state index contributed by atoms with van der Waals surface area (Å²) in [5, 5.41) is 7.76. The van der Waals surface area contributed by atoms with Gasteiger partial charge in [0.25, 0.3) is 10.7 Å². The summed E-state index contributed by atoms with van der Waals surface area (Å²) in [6.45, 7) is 8.55. The van der Waals surface area contributed by atoms with E-state index in [0.717, 1.165) is 44.6 Å². The molecule has 4 rings (SSSR count). The van der Waals surface area contributed by atoms with E-state index in [4.69, 9.17) is 16.6 Å². The largest absolute Gasteiger partial charge is 0.409 e. The lowest BCUT2D eigenvalue weighted by Gasteiger charge is -2.31. The molecular formula is C25H31N5O2S. The smallest absolute Gasteiger partial charge is 0.288 e. The lowest BCUT2D eigenvalue weighted by molar-refractivity contribution is 0.0895. The minimum absolute atomic E-state index is 0.00979. The first-order chi connectivity index (χ1) is 16.1. The molecule has 0 radical (unpaired) electrons. The van der Waals surface area contributed by atoms with Gasteiger partial charge >= 0.3 is 0 Å². The molecule has 33 heavy (non-hydrogen) atoms. The highest BCUT2D eigenvalue weighted by atomic mass is 32.1. The minimum atomic E-state index is -0.00979. The third-order valence-electron chi connectivity index (χ3n) is 6.14. The zero-order valence-corrected chi connectivity index (χ0v) is 20.1. The summed E-state index contributed by atoms with van der Waals surface area (Å²) in [6.07, 6.45) is 1.78. The van der Waals surface area contributed by atoms with E-state index in [0.29, 0.717) is 23.0 Å². The molecule has 1 saturated heterocycles. The highest BCUT2D eigenvalue weighted by Crippen LogP contribution is 2.23. The van der Waals surface area contributed by atoms with Crippen molar-refractivity contribution in [1.82, 2.24) is 20.0 Å². The van der Waals surface area contributed by atoms with Crippen LogP contribution in [0.25, 0.3) is 11.5 Å². The third-order valence-corrected chi connectivity index (χ3v) is 6.44. The lowest BCUT2D eigenvalue weighted by Crippen LogP contribution is -2.45. The van der Waals surface area contributed by atoms with Gasteiger partial charge in [-0.25, -0.2) is 4.68 Å². The first-order valence-electron chi connectivity index (χ1n) is 11.6. The molecule has 174 valence electrons. The number of nitrogens with zero attached hydrogens (tertiary/aromatic N) is 4. The van der Waals surface area contributed by atoms with E-state index in [1.165, 1.54) is 5.69 Å². The number of benzene rings is 2. The van der Waals surface area contributed by atoms with Crippen LogP contribution in [-0.4, -0.2) is 52.8 Å². The SMILES string of the molecule is CCN(CC)c1ccc(-c2nn(CN3CCC(NC(=O)c4ccccc4)CC3)c(=S)o2)cc1. The Balaban J connectivity index is 1.32. The van der Waals surface area contributed by atoms with Crippen LogP contribution in [0.4, 0.5) is 5.69 Å². The standard InChI is InChI=1S/C25H31N5O2S/c1-3-29(4-2)22-12-10-20(11-13-22)24-27-30(25(33)32-24)18-28-16-14-21(15-17-28)26-23(31)19-8-6-5-7-9-19/h5-13,21H,3-4,14-18H2,1-2H3,(H,26,31). The summed E-state index contributed by atoms with van der Waals surface area (Å²) < 4.78 is 7.53. The van der Waals surface area contributed by atoms with Gasteiger partial charge in [-0.2, -0.15) is 0 Å². The summed E-state index contributed by atoms with van der Waals surface area (Å²) >= 11 is 5.42. The van der Waals surface area contributed by atoms with Crippen molar-refractivity contribution in [3.8, 4) is 11.5 Å². The Bertz CT molecular complexity index is 1100. The van der Waals surface area contributed by atoms with Crippen LogP contribution >= 0.6 is 12.2 Å². The van der Waals surface area contributed by atoms with Crippen molar-refractivity contribution in [2.24, 2.45) is 0 Å². The van der Waals surface area contributed by atoms with Gasteiger partial charge < -0.3 is 14.6 Å². The second-order valence-electron chi connectivity index (χ2n) is 8.27. The predicted octanol–water partition coefficient (Wildman–Crippen LogP) is 4.57. The van der Waals surface area contributed by atoms with Gasteiger partial charge in [0.15, 0.2) is 0 Å². The van der Waals surface area contributed by atoms with E-state index in [-0.39, 0.29) is 11.9 Å². The van der Waals surface area contributed by atoms with Crippen molar-refractivity contribution in [1.29, 1.82) is 0 Å². The van der Waals surface area contributed by atoms with Gasteiger partial charge in [0.1, 0.15) is 0 Å². The number of amides is 1. The molecule has 1 N–H and O–H groups in total. The van der Waals surface area contributed by atoms with Gasteiger partial charge in [0.05, 0.1) is 6.67 Å². The van der Waals surface area contributed by atoms with Crippen molar-refractivity contribution in [2.45, 2.75) is 39.4 Å². The maximum Gasteiger partial charge on any atom is 0.288 e. The van der Waals surface area contributed by atoms with Crippen molar-refractivity contribution in [3.05, 3.63) is 65.0 Å². The van der Waals surface area contributed by atoms with Gasteiger partial charge in [-0.3, -0.25) is 9.69 Å². The number of aromatic nitrogens is 2. The van der Waals surface area contributed by atoms with Crippen LogP contribution in [0.3, 0.4) is 0 Å². The van der Waals surface area contributed by atoms with E-state index >= 15 is 0 Å². The van der Waals surface area contributed by atoms with E-state index in [1.807, 2.05) is 42.5 Å². The average molecular weight is 466 g/mol. The molecule has 0 atom stereocenters. The highest BCUT2D eigenvalue weighted by molar-refractivity contribution is 7.71. The molecule has 1 aliphatic heterocycles. The van der Waals surface area contributed by atoms with E-state index in [9.17, 15) is 4.79 Å². The molecule has 2 heterocycles. The summed E-state index contributed by atoms with van der Waals surface area (Å²) in [5.41, 5.74) is 2.80. The molecule has 1 aromatic heterocycles. The maximum atomic E-state index is 12.4. The quantitative estimate of drug-likeness (QED) is 0.492. The number of hydrogen-bond donors (Lipinski definition) is 1. The Kier molecular flexibility index (Phi) is 7.57. The molecule has 1 amide bonds. The monoisotopic (exact) mass is 465 g/mol. The maximum absolute atomic E-state index is 12.4. The minimum Gasteiger partial charge on any atom is -0.409 e. The molecule has 1 fully saturated rings. The first kappa shape index (κ1) is 23.2. The number of rotatable bonds is 8. The van der Waals surface area contributed by atoms with E-state index < -0.39 is 0 Å². The fourth-order valence-electron chi connectivity index (χ4n) is 4.18. The molecule has 0 bridgehead atoms. The van der Waals surface area contributed by atoms with Crippen molar-refractivity contribution in [3.63, 3.8) is 0 Å². The zero-order chi connectivity index (χ0) is 23.2. The fourth-order valence-corrected chi connectivity index (χ4v) is 4.36. The van der Waals surface area contributed by atoms with Gasteiger partial charge in [-0.15, -0.1) is 5.10 Å². The Morgan fingerprint density at radius 3 is 2.39 bits per heavy atom.